The second-order valence-electron chi connectivity index (χ2n) is 5.27. The van der Waals surface area contributed by atoms with Gasteiger partial charge < -0.3 is 24.8 Å². The molecule has 2 N–H and O–H groups in total. The summed E-state index contributed by atoms with van der Waals surface area (Å²) >= 11 is 0. The average Bonchev–Trinajstić information content (AvgIpc) is 2.49. The standard InChI is InChI=1S/C16H26N2O3/c1-4-19-13-7-6-12(10-14(13)20-5-2)16(17)15-11-18(3)8-9-21-15/h6-7,10,15-16H,4-5,8-9,11,17H2,1-3H3. The largest absolute Gasteiger partial charge is 0.490 e. The molecule has 2 unspecified atom stereocenters. The maximum atomic E-state index is 6.37. The Kier molecular flexibility index (Phi) is 5.85. The Bertz CT molecular complexity index is 453. The minimum Gasteiger partial charge on any atom is -0.490 e. The van der Waals surface area contributed by atoms with Gasteiger partial charge in [0.1, 0.15) is 0 Å². The lowest BCUT2D eigenvalue weighted by atomic mass is 10.0. The molecule has 1 saturated heterocycles. The molecular formula is C16H26N2O3. The van der Waals surface area contributed by atoms with Crippen LogP contribution in [0.2, 0.25) is 0 Å². The fourth-order valence-corrected chi connectivity index (χ4v) is 2.52. The number of likely N-dealkylation sites (N-methyl/N-ethyl adjacent to an activating group) is 1. The average molecular weight is 294 g/mol. The molecule has 2 atom stereocenters. The first-order valence-electron chi connectivity index (χ1n) is 7.61. The van der Waals surface area contributed by atoms with E-state index in [1.165, 1.54) is 0 Å². The maximum Gasteiger partial charge on any atom is 0.161 e. The molecule has 0 spiro atoms. The Morgan fingerprint density at radius 2 is 2.00 bits per heavy atom. The second-order valence-corrected chi connectivity index (χ2v) is 5.27. The van der Waals surface area contributed by atoms with Crippen molar-refractivity contribution in [3.8, 4) is 11.5 Å². The van der Waals surface area contributed by atoms with Crippen molar-refractivity contribution in [2.24, 2.45) is 5.73 Å². The van der Waals surface area contributed by atoms with Gasteiger partial charge in [0.15, 0.2) is 11.5 Å². The van der Waals surface area contributed by atoms with Crippen LogP contribution in [-0.2, 0) is 4.74 Å². The van der Waals surface area contributed by atoms with Gasteiger partial charge in [0.2, 0.25) is 0 Å². The highest BCUT2D eigenvalue weighted by Crippen LogP contribution is 2.31. The van der Waals surface area contributed by atoms with Gasteiger partial charge >= 0.3 is 0 Å². The van der Waals surface area contributed by atoms with Crippen molar-refractivity contribution < 1.29 is 14.2 Å². The van der Waals surface area contributed by atoms with Gasteiger partial charge in [-0.05, 0) is 38.6 Å². The zero-order chi connectivity index (χ0) is 15.2. The number of benzene rings is 1. The fraction of sp³-hybridized carbons (Fsp3) is 0.625. The first-order valence-corrected chi connectivity index (χ1v) is 7.61. The molecule has 0 aliphatic carbocycles. The molecule has 21 heavy (non-hydrogen) atoms. The molecule has 5 nitrogen and oxygen atoms in total. The quantitative estimate of drug-likeness (QED) is 0.867. The first-order chi connectivity index (χ1) is 10.2. The van der Waals surface area contributed by atoms with Crippen molar-refractivity contribution in [1.29, 1.82) is 0 Å². The highest BCUT2D eigenvalue weighted by atomic mass is 16.5. The van der Waals surface area contributed by atoms with Crippen LogP contribution in [0.15, 0.2) is 18.2 Å². The summed E-state index contributed by atoms with van der Waals surface area (Å²) in [4.78, 5) is 2.24. The van der Waals surface area contributed by atoms with Gasteiger partial charge in [-0.15, -0.1) is 0 Å². The summed E-state index contributed by atoms with van der Waals surface area (Å²) in [6.07, 6.45) is 0.0103. The van der Waals surface area contributed by atoms with Gasteiger partial charge in [0.05, 0.1) is 32.0 Å². The fourth-order valence-electron chi connectivity index (χ4n) is 2.52. The van der Waals surface area contributed by atoms with Crippen LogP contribution in [-0.4, -0.2) is 51.0 Å². The number of hydrogen-bond donors (Lipinski definition) is 1. The lowest BCUT2D eigenvalue weighted by Gasteiger charge is -2.33. The summed E-state index contributed by atoms with van der Waals surface area (Å²) < 4.78 is 17.0. The van der Waals surface area contributed by atoms with E-state index in [4.69, 9.17) is 19.9 Å². The predicted octanol–water partition coefficient (Wildman–Crippen LogP) is 1.81. The summed E-state index contributed by atoms with van der Waals surface area (Å²) in [5, 5.41) is 0. The molecule has 0 bridgehead atoms. The van der Waals surface area contributed by atoms with Crippen molar-refractivity contribution in [2.45, 2.75) is 26.0 Å². The number of nitrogens with zero attached hydrogens (tertiary/aromatic N) is 1. The summed E-state index contributed by atoms with van der Waals surface area (Å²) in [5.41, 5.74) is 7.39. The molecule has 1 aliphatic heterocycles. The van der Waals surface area contributed by atoms with E-state index >= 15 is 0 Å². The third-order valence-corrected chi connectivity index (χ3v) is 3.65. The number of nitrogens with two attached hydrogens (primary N) is 1. The summed E-state index contributed by atoms with van der Waals surface area (Å²) in [6.45, 7) is 7.66. The monoisotopic (exact) mass is 294 g/mol. The molecule has 1 aromatic rings. The highest BCUT2D eigenvalue weighted by molar-refractivity contribution is 5.44. The Morgan fingerprint density at radius 3 is 2.67 bits per heavy atom. The Balaban J connectivity index is 2.16. The van der Waals surface area contributed by atoms with Crippen LogP contribution < -0.4 is 15.2 Å². The zero-order valence-electron chi connectivity index (χ0n) is 13.2. The Morgan fingerprint density at radius 1 is 1.29 bits per heavy atom. The van der Waals surface area contributed by atoms with E-state index in [2.05, 4.69) is 11.9 Å². The SMILES string of the molecule is CCOc1ccc(C(N)C2CN(C)CCO2)cc1OCC. The van der Waals surface area contributed by atoms with Gasteiger partial charge in [0, 0.05) is 13.1 Å². The predicted molar refractivity (Wildman–Crippen MR) is 82.9 cm³/mol. The van der Waals surface area contributed by atoms with E-state index in [9.17, 15) is 0 Å². The Labute approximate surface area is 127 Å². The number of hydrogen-bond acceptors (Lipinski definition) is 5. The number of rotatable bonds is 6. The topological polar surface area (TPSA) is 57.0 Å². The van der Waals surface area contributed by atoms with Crippen LogP contribution >= 0.6 is 0 Å². The van der Waals surface area contributed by atoms with Crippen LogP contribution in [0.4, 0.5) is 0 Å². The van der Waals surface area contributed by atoms with E-state index in [-0.39, 0.29) is 12.1 Å². The Hall–Kier alpha value is -1.30. The van der Waals surface area contributed by atoms with Gasteiger partial charge in [-0.1, -0.05) is 6.07 Å². The number of morpholine rings is 1. The van der Waals surface area contributed by atoms with Crippen molar-refractivity contribution in [2.75, 3.05) is 40.0 Å². The third-order valence-electron chi connectivity index (χ3n) is 3.65. The molecular weight excluding hydrogens is 268 g/mol. The van der Waals surface area contributed by atoms with Crippen molar-refractivity contribution >= 4 is 0 Å². The molecule has 0 amide bonds. The molecule has 0 radical (unpaired) electrons. The smallest absolute Gasteiger partial charge is 0.161 e. The molecule has 1 aliphatic rings. The summed E-state index contributed by atoms with van der Waals surface area (Å²) in [7, 11) is 2.09. The van der Waals surface area contributed by atoms with E-state index in [0.717, 1.165) is 36.8 Å². The molecule has 5 heteroatoms. The molecule has 0 aromatic heterocycles. The second kappa shape index (κ2) is 7.64. The van der Waals surface area contributed by atoms with Crippen molar-refractivity contribution in [1.82, 2.24) is 4.90 Å². The lowest BCUT2D eigenvalue weighted by Crippen LogP contribution is -2.45. The molecule has 2 rings (SSSR count). The molecule has 1 aromatic carbocycles. The molecule has 118 valence electrons. The van der Waals surface area contributed by atoms with Gasteiger partial charge in [-0.2, -0.15) is 0 Å². The summed E-state index contributed by atoms with van der Waals surface area (Å²) in [6, 6.07) is 5.73. The lowest BCUT2D eigenvalue weighted by molar-refractivity contribution is -0.0326. The highest BCUT2D eigenvalue weighted by Gasteiger charge is 2.26. The minimum absolute atomic E-state index is 0.0103. The summed E-state index contributed by atoms with van der Waals surface area (Å²) in [5.74, 6) is 1.51. The molecule has 1 heterocycles. The normalized spacial score (nSPS) is 21.0. The van der Waals surface area contributed by atoms with E-state index in [1.54, 1.807) is 0 Å². The van der Waals surface area contributed by atoms with E-state index in [1.807, 2.05) is 32.0 Å². The van der Waals surface area contributed by atoms with E-state index < -0.39 is 0 Å². The van der Waals surface area contributed by atoms with Gasteiger partial charge in [-0.3, -0.25) is 0 Å². The maximum absolute atomic E-state index is 6.37. The van der Waals surface area contributed by atoms with Gasteiger partial charge in [-0.25, -0.2) is 0 Å². The van der Waals surface area contributed by atoms with Crippen LogP contribution in [0.25, 0.3) is 0 Å². The number of ether oxygens (including phenoxy) is 3. The van der Waals surface area contributed by atoms with Crippen LogP contribution in [0, 0.1) is 0 Å². The first kappa shape index (κ1) is 16.1. The van der Waals surface area contributed by atoms with Crippen LogP contribution in [0.5, 0.6) is 11.5 Å². The molecule has 0 saturated carbocycles. The molecule has 1 fully saturated rings. The van der Waals surface area contributed by atoms with Crippen LogP contribution in [0.3, 0.4) is 0 Å². The minimum atomic E-state index is -0.164. The third kappa shape index (κ3) is 4.09. The van der Waals surface area contributed by atoms with Crippen LogP contribution in [0.1, 0.15) is 25.5 Å². The van der Waals surface area contributed by atoms with E-state index in [0.29, 0.717) is 13.2 Å². The van der Waals surface area contributed by atoms with Gasteiger partial charge in [0.25, 0.3) is 0 Å². The zero-order valence-corrected chi connectivity index (χ0v) is 13.2. The van der Waals surface area contributed by atoms with Crippen molar-refractivity contribution in [3.63, 3.8) is 0 Å². The van der Waals surface area contributed by atoms with Crippen molar-refractivity contribution in [3.05, 3.63) is 23.8 Å².